The molecule has 1 unspecified atom stereocenters. The molecule has 20 heavy (non-hydrogen) atoms. The number of nitrogens with one attached hydrogen (secondary N) is 2. The van der Waals surface area contributed by atoms with Crippen molar-refractivity contribution in [2.75, 3.05) is 11.6 Å². The van der Waals surface area contributed by atoms with Crippen LogP contribution in [0, 0.1) is 0 Å². The molecule has 104 valence electrons. The summed E-state index contributed by atoms with van der Waals surface area (Å²) < 4.78 is -0.566. The highest BCUT2D eigenvalue weighted by Gasteiger charge is 2.42. The van der Waals surface area contributed by atoms with E-state index in [1.807, 2.05) is 31.4 Å². The fourth-order valence-corrected chi connectivity index (χ4v) is 3.10. The Balaban J connectivity index is 2.02. The Labute approximate surface area is 121 Å². The molecule has 2 aliphatic rings. The lowest BCUT2D eigenvalue weighted by atomic mass is 9.96. The Morgan fingerprint density at radius 3 is 2.75 bits per heavy atom. The molecular formula is C14H15N3O2S. The van der Waals surface area contributed by atoms with Crippen LogP contribution in [0.15, 0.2) is 23.3 Å². The number of hydrogen-bond donors (Lipinski definition) is 2. The summed E-state index contributed by atoms with van der Waals surface area (Å²) in [5.74, 6) is -0.0447. The van der Waals surface area contributed by atoms with Gasteiger partial charge in [0, 0.05) is 24.1 Å². The van der Waals surface area contributed by atoms with Crippen LogP contribution in [-0.4, -0.2) is 23.8 Å². The molecule has 0 spiro atoms. The molecule has 1 atom stereocenters. The predicted molar refractivity (Wildman–Crippen MR) is 79.9 cm³/mol. The number of anilines is 1. The Morgan fingerprint density at radius 1 is 1.30 bits per heavy atom. The molecule has 2 heterocycles. The van der Waals surface area contributed by atoms with Crippen LogP contribution in [0.4, 0.5) is 5.69 Å². The van der Waals surface area contributed by atoms with E-state index in [0.717, 1.165) is 22.5 Å². The molecular weight excluding hydrogens is 274 g/mol. The van der Waals surface area contributed by atoms with Gasteiger partial charge in [-0.15, -0.1) is 11.8 Å². The van der Waals surface area contributed by atoms with Gasteiger partial charge in [-0.25, -0.2) is 5.43 Å². The smallest absolute Gasteiger partial charge is 0.244 e. The maximum atomic E-state index is 12.1. The van der Waals surface area contributed by atoms with Gasteiger partial charge in [-0.3, -0.25) is 9.59 Å². The van der Waals surface area contributed by atoms with Crippen molar-refractivity contribution < 1.29 is 9.59 Å². The summed E-state index contributed by atoms with van der Waals surface area (Å²) >= 11 is 1.52. The van der Waals surface area contributed by atoms with E-state index in [1.54, 1.807) is 0 Å². The van der Waals surface area contributed by atoms with Gasteiger partial charge < -0.3 is 5.32 Å². The number of nitrogens with zero attached hydrogens (tertiary/aromatic N) is 1. The van der Waals surface area contributed by atoms with E-state index in [2.05, 4.69) is 15.8 Å². The normalized spacial score (nSPS) is 24.8. The Bertz CT molecular complexity index is 641. The van der Waals surface area contributed by atoms with Gasteiger partial charge in [0.05, 0.1) is 5.71 Å². The molecule has 3 rings (SSSR count). The summed E-state index contributed by atoms with van der Waals surface area (Å²) in [6.07, 6.45) is 3.01. The summed E-state index contributed by atoms with van der Waals surface area (Å²) in [4.78, 5) is 23.2. The zero-order chi connectivity index (χ0) is 14.3. The van der Waals surface area contributed by atoms with Crippen LogP contribution in [0.1, 0.15) is 30.9 Å². The van der Waals surface area contributed by atoms with Crippen molar-refractivity contribution in [1.29, 1.82) is 0 Å². The number of carbonyl (C=O) groups is 2. The van der Waals surface area contributed by atoms with E-state index in [1.165, 1.54) is 11.8 Å². The van der Waals surface area contributed by atoms with Gasteiger partial charge in [0.25, 0.3) is 0 Å². The number of amides is 2. The van der Waals surface area contributed by atoms with E-state index in [0.29, 0.717) is 12.8 Å². The van der Waals surface area contributed by atoms with E-state index in [9.17, 15) is 9.59 Å². The first-order valence-electron chi connectivity index (χ1n) is 6.41. The van der Waals surface area contributed by atoms with E-state index < -0.39 is 4.75 Å². The number of fused-ring (bicyclic) bond motifs is 1. The zero-order valence-corrected chi connectivity index (χ0v) is 12.1. The highest BCUT2D eigenvalue weighted by molar-refractivity contribution is 8.00. The SMILES string of the molecule is CSC1(C)C(=O)Nc2ccc(C3=NNC(=O)CC3)cc21. The Kier molecular flexibility index (Phi) is 3.05. The topological polar surface area (TPSA) is 70.6 Å². The molecule has 1 aromatic rings. The maximum absolute atomic E-state index is 12.1. The van der Waals surface area contributed by atoms with Crippen LogP contribution in [0.2, 0.25) is 0 Å². The van der Waals surface area contributed by atoms with Crippen molar-refractivity contribution in [3.05, 3.63) is 29.3 Å². The molecule has 2 aliphatic heterocycles. The molecule has 6 heteroatoms. The number of rotatable bonds is 2. The summed E-state index contributed by atoms with van der Waals surface area (Å²) in [6.45, 7) is 1.92. The van der Waals surface area contributed by atoms with Crippen LogP contribution in [0.3, 0.4) is 0 Å². The average molecular weight is 289 g/mol. The molecule has 0 saturated carbocycles. The second-order valence-electron chi connectivity index (χ2n) is 5.05. The fraction of sp³-hybridized carbons (Fsp3) is 0.357. The number of benzene rings is 1. The van der Waals surface area contributed by atoms with Crippen LogP contribution in [0.25, 0.3) is 0 Å². The molecule has 0 fully saturated rings. The molecule has 0 saturated heterocycles. The first kappa shape index (κ1) is 13.2. The summed E-state index contributed by atoms with van der Waals surface area (Å²) in [5.41, 5.74) is 6.15. The minimum atomic E-state index is -0.566. The second-order valence-corrected chi connectivity index (χ2v) is 6.27. The van der Waals surface area contributed by atoms with Gasteiger partial charge >= 0.3 is 0 Å². The van der Waals surface area contributed by atoms with E-state index >= 15 is 0 Å². The van der Waals surface area contributed by atoms with Crippen molar-refractivity contribution in [2.24, 2.45) is 5.10 Å². The third kappa shape index (κ3) is 1.91. The maximum Gasteiger partial charge on any atom is 0.244 e. The van der Waals surface area contributed by atoms with Gasteiger partial charge in [-0.2, -0.15) is 5.10 Å². The third-order valence-electron chi connectivity index (χ3n) is 3.86. The first-order chi connectivity index (χ1) is 9.54. The minimum Gasteiger partial charge on any atom is -0.324 e. The van der Waals surface area contributed by atoms with Gasteiger partial charge in [-0.05, 0) is 30.9 Å². The van der Waals surface area contributed by atoms with Gasteiger partial charge in [0.2, 0.25) is 11.8 Å². The van der Waals surface area contributed by atoms with Crippen LogP contribution < -0.4 is 10.7 Å². The fourth-order valence-electron chi connectivity index (χ4n) is 2.48. The summed E-state index contributed by atoms with van der Waals surface area (Å²) in [7, 11) is 0. The molecule has 2 amide bonds. The molecule has 0 aromatic heterocycles. The van der Waals surface area contributed by atoms with Gasteiger partial charge in [0.1, 0.15) is 4.75 Å². The Hall–Kier alpha value is -1.82. The third-order valence-corrected chi connectivity index (χ3v) is 5.08. The predicted octanol–water partition coefficient (Wildman–Crippen LogP) is 1.83. The zero-order valence-electron chi connectivity index (χ0n) is 11.3. The van der Waals surface area contributed by atoms with E-state index in [4.69, 9.17) is 0 Å². The van der Waals surface area contributed by atoms with Gasteiger partial charge in [-0.1, -0.05) is 6.07 Å². The lowest BCUT2D eigenvalue weighted by Crippen LogP contribution is -2.27. The largest absolute Gasteiger partial charge is 0.324 e. The first-order valence-corrected chi connectivity index (χ1v) is 7.64. The lowest BCUT2D eigenvalue weighted by Gasteiger charge is -2.20. The standard InChI is InChI=1S/C14H15N3O2S/c1-14(20-2)9-7-8(3-4-11(9)15-13(14)19)10-5-6-12(18)17-16-10/h3-4,7H,5-6H2,1-2H3,(H,15,19)(H,17,18). The van der Waals surface area contributed by atoms with Crippen LogP contribution in [-0.2, 0) is 14.3 Å². The van der Waals surface area contributed by atoms with Crippen molar-refractivity contribution in [2.45, 2.75) is 24.5 Å². The van der Waals surface area contributed by atoms with Crippen molar-refractivity contribution in [3.8, 4) is 0 Å². The molecule has 0 aliphatic carbocycles. The lowest BCUT2D eigenvalue weighted by molar-refractivity contribution is -0.121. The van der Waals surface area contributed by atoms with Crippen LogP contribution in [0.5, 0.6) is 0 Å². The number of thioether (sulfide) groups is 1. The number of hydrazone groups is 1. The summed E-state index contributed by atoms with van der Waals surface area (Å²) in [5, 5.41) is 7.01. The van der Waals surface area contributed by atoms with Crippen molar-refractivity contribution >= 4 is 35.0 Å². The molecule has 0 bridgehead atoms. The monoisotopic (exact) mass is 289 g/mol. The number of hydrogen-bond acceptors (Lipinski definition) is 4. The quantitative estimate of drug-likeness (QED) is 0.872. The minimum absolute atomic E-state index is 0.0102. The highest BCUT2D eigenvalue weighted by Crippen LogP contribution is 2.44. The average Bonchev–Trinajstić information content (AvgIpc) is 2.72. The second kappa shape index (κ2) is 4.63. The molecule has 0 radical (unpaired) electrons. The van der Waals surface area contributed by atoms with Gasteiger partial charge in [0.15, 0.2) is 0 Å². The van der Waals surface area contributed by atoms with Crippen molar-refractivity contribution in [3.63, 3.8) is 0 Å². The Morgan fingerprint density at radius 2 is 2.10 bits per heavy atom. The van der Waals surface area contributed by atoms with Crippen molar-refractivity contribution in [1.82, 2.24) is 5.43 Å². The number of carbonyl (C=O) groups excluding carboxylic acids is 2. The molecule has 5 nitrogen and oxygen atoms in total. The van der Waals surface area contributed by atoms with Crippen LogP contribution >= 0.6 is 11.8 Å². The van der Waals surface area contributed by atoms with E-state index in [-0.39, 0.29) is 11.8 Å². The highest BCUT2D eigenvalue weighted by atomic mass is 32.2. The summed E-state index contributed by atoms with van der Waals surface area (Å²) in [6, 6.07) is 5.84. The molecule has 2 N–H and O–H groups in total. The molecule has 1 aromatic carbocycles.